The number of nitrogens with one attached hydrogen (secondary N) is 1. The fourth-order valence-corrected chi connectivity index (χ4v) is 2.63. The van der Waals surface area contributed by atoms with Crippen molar-refractivity contribution in [1.82, 2.24) is 0 Å². The monoisotopic (exact) mass is 391 g/mol. The molecule has 0 radical (unpaired) electrons. The minimum atomic E-state index is -0.811. The second-order valence-corrected chi connectivity index (χ2v) is 5.95. The normalized spacial score (nSPS) is 15.5. The number of anilines is 1. The van der Waals surface area contributed by atoms with E-state index in [9.17, 15) is 9.59 Å². The number of benzene rings is 2. The molecule has 0 fully saturated rings. The number of para-hydroxylation sites is 2. The Morgan fingerprint density at radius 1 is 1.21 bits per heavy atom. The Morgan fingerprint density at radius 3 is 2.71 bits per heavy atom. The van der Waals surface area contributed by atoms with E-state index < -0.39 is 18.0 Å². The van der Waals surface area contributed by atoms with Crippen molar-refractivity contribution in [2.45, 2.75) is 6.10 Å². The first-order valence-electron chi connectivity index (χ1n) is 7.15. The number of esters is 1. The fourth-order valence-electron chi connectivity index (χ4n) is 2.27. The molecule has 0 bridgehead atoms. The molecule has 1 aliphatic heterocycles. The minimum Gasteiger partial charge on any atom is -0.485 e. The summed E-state index contributed by atoms with van der Waals surface area (Å²) in [6, 6.07) is 12.0. The predicted octanol–water partition coefficient (Wildman–Crippen LogP) is 3.01. The molecule has 1 aliphatic rings. The molecule has 0 unspecified atom stereocenters. The Balaban J connectivity index is 1.78. The summed E-state index contributed by atoms with van der Waals surface area (Å²) in [4.78, 5) is 24.3. The molecule has 0 saturated heterocycles. The molecule has 0 aromatic heterocycles. The summed E-state index contributed by atoms with van der Waals surface area (Å²) in [7, 11) is 1.28. The third kappa shape index (κ3) is 3.35. The zero-order chi connectivity index (χ0) is 17.1. The molecular formula is C17H14BrNO5. The number of hydrogen-bond acceptors (Lipinski definition) is 5. The van der Waals surface area contributed by atoms with Gasteiger partial charge in [-0.1, -0.05) is 28.1 Å². The highest BCUT2D eigenvalue weighted by atomic mass is 79.9. The number of methoxy groups -OCH3 is 1. The van der Waals surface area contributed by atoms with E-state index in [4.69, 9.17) is 14.2 Å². The molecule has 2 aromatic carbocycles. The number of hydrogen-bond donors (Lipinski definition) is 1. The number of amides is 1. The summed E-state index contributed by atoms with van der Waals surface area (Å²) in [5, 5.41) is 2.69. The van der Waals surface area contributed by atoms with Crippen molar-refractivity contribution in [3.05, 3.63) is 52.5 Å². The number of fused-ring (bicyclic) bond motifs is 1. The summed E-state index contributed by atoms with van der Waals surface area (Å²) in [6.45, 7) is 0.0902. The first-order chi connectivity index (χ1) is 11.6. The Labute approximate surface area is 146 Å². The topological polar surface area (TPSA) is 73.9 Å². The summed E-state index contributed by atoms with van der Waals surface area (Å²) in [5.74, 6) is 0.156. The van der Waals surface area contributed by atoms with Crippen molar-refractivity contribution < 1.29 is 23.8 Å². The second kappa shape index (κ2) is 6.92. The lowest BCUT2D eigenvalue weighted by atomic mass is 10.1. The Hall–Kier alpha value is -2.54. The molecule has 1 amide bonds. The smallest absolute Gasteiger partial charge is 0.340 e. The summed E-state index contributed by atoms with van der Waals surface area (Å²) >= 11 is 3.29. The van der Waals surface area contributed by atoms with Gasteiger partial charge in [-0.3, -0.25) is 4.79 Å². The van der Waals surface area contributed by atoms with Gasteiger partial charge in [-0.15, -0.1) is 0 Å². The average molecular weight is 392 g/mol. The third-order valence-corrected chi connectivity index (χ3v) is 3.94. The molecule has 1 N–H and O–H groups in total. The predicted molar refractivity (Wildman–Crippen MR) is 90.5 cm³/mol. The minimum absolute atomic E-state index is 0.0902. The van der Waals surface area contributed by atoms with Gasteiger partial charge in [-0.25, -0.2) is 4.79 Å². The van der Waals surface area contributed by atoms with Crippen LogP contribution in [0.4, 0.5) is 5.69 Å². The summed E-state index contributed by atoms with van der Waals surface area (Å²) in [6.07, 6.45) is -0.811. The Kier molecular flexibility index (Phi) is 4.71. The van der Waals surface area contributed by atoms with Gasteiger partial charge in [0, 0.05) is 4.47 Å². The van der Waals surface area contributed by atoms with E-state index in [1.807, 2.05) is 6.07 Å². The number of carbonyl (C=O) groups excluding carboxylic acids is 2. The van der Waals surface area contributed by atoms with E-state index in [0.29, 0.717) is 21.7 Å². The quantitative estimate of drug-likeness (QED) is 0.813. The van der Waals surface area contributed by atoms with Gasteiger partial charge in [0.15, 0.2) is 11.5 Å². The van der Waals surface area contributed by atoms with Gasteiger partial charge < -0.3 is 19.5 Å². The first-order valence-corrected chi connectivity index (χ1v) is 7.95. The molecule has 1 atom stereocenters. The van der Waals surface area contributed by atoms with E-state index in [1.165, 1.54) is 7.11 Å². The molecule has 124 valence electrons. The maximum Gasteiger partial charge on any atom is 0.340 e. The molecule has 3 rings (SSSR count). The van der Waals surface area contributed by atoms with Crippen LogP contribution in [0, 0.1) is 0 Å². The number of ether oxygens (including phenoxy) is 3. The van der Waals surface area contributed by atoms with Gasteiger partial charge in [-0.05, 0) is 30.3 Å². The van der Waals surface area contributed by atoms with Crippen LogP contribution in [-0.2, 0) is 9.53 Å². The molecule has 0 spiro atoms. The lowest BCUT2D eigenvalue weighted by Gasteiger charge is -2.25. The molecule has 0 saturated carbocycles. The van der Waals surface area contributed by atoms with E-state index in [-0.39, 0.29) is 12.2 Å². The van der Waals surface area contributed by atoms with Crippen molar-refractivity contribution >= 4 is 33.5 Å². The molecular weight excluding hydrogens is 378 g/mol. The highest BCUT2D eigenvalue weighted by Gasteiger charge is 2.28. The zero-order valence-corrected chi connectivity index (χ0v) is 14.3. The van der Waals surface area contributed by atoms with Gasteiger partial charge in [-0.2, -0.15) is 0 Å². The SMILES string of the molecule is COC(=O)c1cc(Br)ccc1NC(=O)[C@@H]1COc2ccccc2O1. The van der Waals surface area contributed by atoms with E-state index >= 15 is 0 Å². The molecule has 7 heteroatoms. The van der Waals surface area contributed by atoms with Crippen molar-refractivity contribution in [1.29, 1.82) is 0 Å². The standard InChI is InChI=1S/C17H14BrNO5/c1-22-17(21)11-8-10(18)6-7-12(11)19-16(20)15-9-23-13-4-2-3-5-14(13)24-15/h2-8,15H,9H2,1H3,(H,19,20)/t15-/m0/s1. The summed E-state index contributed by atoms with van der Waals surface area (Å²) < 4.78 is 16.6. The average Bonchev–Trinajstić information content (AvgIpc) is 2.62. The van der Waals surface area contributed by atoms with Gasteiger partial charge in [0.1, 0.15) is 6.61 Å². The maximum absolute atomic E-state index is 12.4. The van der Waals surface area contributed by atoms with Crippen molar-refractivity contribution in [3.8, 4) is 11.5 Å². The maximum atomic E-state index is 12.4. The molecule has 2 aromatic rings. The van der Waals surface area contributed by atoms with E-state index in [1.54, 1.807) is 36.4 Å². The van der Waals surface area contributed by atoms with Gasteiger partial charge >= 0.3 is 5.97 Å². The molecule has 6 nitrogen and oxygen atoms in total. The van der Waals surface area contributed by atoms with Crippen LogP contribution >= 0.6 is 15.9 Å². The first kappa shape index (κ1) is 16.3. The third-order valence-electron chi connectivity index (χ3n) is 3.45. The van der Waals surface area contributed by atoms with Crippen LogP contribution in [0.2, 0.25) is 0 Å². The van der Waals surface area contributed by atoms with Crippen LogP contribution in [0.25, 0.3) is 0 Å². The molecule has 1 heterocycles. The van der Waals surface area contributed by atoms with Crippen LogP contribution in [-0.4, -0.2) is 31.7 Å². The van der Waals surface area contributed by atoms with Crippen LogP contribution in [0.1, 0.15) is 10.4 Å². The largest absolute Gasteiger partial charge is 0.485 e. The number of halogens is 1. The highest BCUT2D eigenvalue weighted by Crippen LogP contribution is 2.31. The zero-order valence-electron chi connectivity index (χ0n) is 12.7. The van der Waals surface area contributed by atoms with E-state index in [0.717, 1.165) is 0 Å². The fraction of sp³-hybridized carbons (Fsp3) is 0.176. The number of carbonyl (C=O) groups is 2. The Morgan fingerprint density at radius 2 is 1.96 bits per heavy atom. The van der Waals surface area contributed by atoms with Crippen LogP contribution in [0.15, 0.2) is 46.9 Å². The molecule has 24 heavy (non-hydrogen) atoms. The van der Waals surface area contributed by atoms with Crippen molar-refractivity contribution in [2.24, 2.45) is 0 Å². The van der Waals surface area contributed by atoms with Crippen molar-refractivity contribution in [3.63, 3.8) is 0 Å². The molecule has 0 aliphatic carbocycles. The van der Waals surface area contributed by atoms with Crippen LogP contribution < -0.4 is 14.8 Å². The van der Waals surface area contributed by atoms with Gasteiger partial charge in [0.25, 0.3) is 5.91 Å². The lowest BCUT2D eigenvalue weighted by molar-refractivity contribution is -0.125. The van der Waals surface area contributed by atoms with Crippen LogP contribution in [0.3, 0.4) is 0 Å². The van der Waals surface area contributed by atoms with Gasteiger partial charge in [0.05, 0.1) is 18.4 Å². The van der Waals surface area contributed by atoms with Gasteiger partial charge in [0.2, 0.25) is 6.10 Å². The van der Waals surface area contributed by atoms with E-state index in [2.05, 4.69) is 21.2 Å². The Bertz CT molecular complexity index is 792. The summed E-state index contributed by atoms with van der Waals surface area (Å²) in [5.41, 5.74) is 0.592. The second-order valence-electron chi connectivity index (χ2n) is 5.03. The lowest BCUT2D eigenvalue weighted by Crippen LogP contribution is -2.40. The highest BCUT2D eigenvalue weighted by molar-refractivity contribution is 9.10. The van der Waals surface area contributed by atoms with Crippen molar-refractivity contribution in [2.75, 3.05) is 19.0 Å². The van der Waals surface area contributed by atoms with Crippen LogP contribution in [0.5, 0.6) is 11.5 Å². The number of rotatable bonds is 3.